The van der Waals surface area contributed by atoms with Crippen LogP contribution in [0.4, 0.5) is 11.4 Å². The molecule has 142 valence electrons. The molecule has 2 heterocycles. The van der Waals surface area contributed by atoms with Gasteiger partial charge in [-0.3, -0.25) is 9.59 Å². The number of benzene rings is 2. The lowest BCUT2D eigenvalue weighted by atomic mass is 10.1. The van der Waals surface area contributed by atoms with Gasteiger partial charge in [0.25, 0.3) is 11.8 Å². The molecule has 2 amide bonds. The number of hydrogen-bond donors (Lipinski definition) is 0. The van der Waals surface area contributed by atoms with Crippen LogP contribution in [-0.2, 0) is 9.59 Å². The van der Waals surface area contributed by atoms with Crippen molar-refractivity contribution < 1.29 is 9.59 Å². The number of likely N-dealkylation sites (N-methyl/N-ethyl adjacent to an activating group) is 1. The van der Waals surface area contributed by atoms with Gasteiger partial charge in [-0.15, -0.1) is 11.3 Å². The number of amides is 2. The first-order valence-corrected chi connectivity index (χ1v) is 10.0. The van der Waals surface area contributed by atoms with Crippen molar-refractivity contribution in [1.82, 2.24) is 0 Å². The molecule has 1 aromatic heterocycles. The van der Waals surface area contributed by atoms with Gasteiger partial charge in [-0.05, 0) is 54.8 Å². The summed E-state index contributed by atoms with van der Waals surface area (Å²) in [5, 5.41) is 10.9. The van der Waals surface area contributed by atoms with E-state index in [1.807, 2.05) is 59.7 Å². The quantitative estimate of drug-likeness (QED) is 0.596. The maximum atomic E-state index is 13.5. The van der Waals surface area contributed by atoms with Gasteiger partial charge in [0.05, 0.1) is 22.9 Å². The third-order valence-electron chi connectivity index (χ3n) is 4.74. The zero-order valence-electron chi connectivity index (χ0n) is 15.7. The monoisotopic (exact) mass is 399 g/mol. The highest BCUT2D eigenvalue weighted by atomic mass is 32.1. The standard InChI is InChI=1S/C23H17N3O2S/c1-2-25(17-7-4-3-5-8-17)21-20(19-9-6-14-29-19)22(27)26(23(21)28)18-12-10-16(15-24)11-13-18/h3-14H,2H2,1H3. The fraction of sp³-hybridized carbons (Fsp3) is 0.0870. The molecule has 29 heavy (non-hydrogen) atoms. The first kappa shape index (κ1) is 18.7. The van der Waals surface area contributed by atoms with Gasteiger partial charge in [-0.1, -0.05) is 24.3 Å². The number of hydrogen-bond acceptors (Lipinski definition) is 5. The number of nitriles is 1. The van der Waals surface area contributed by atoms with Crippen LogP contribution in [0.3, 0.4) is 0 Å². The van der Waals surface area contributed by atoms with Gasteiger partial charge in [0.2, 0.25) is 0 Å². The first-order valence-electron chi connectivity index (χ1n) is 9.15. The van der Waals surface area contributed by atoms with E-state index in [0.29, 0.717) is 29.1 Å². The zero-order chi connectivity index (χ0) is 20.4. The number of thiophene rings is 1. The number of para-hydroxylation sites is 1. The van der Waals surface area contributed by atoms with Crippen LogP contribution in [0.1, 0.15) is 17.4 Å². The van der Waals surface area contributed by atoms with E-state index >= 15 is 0 Å². The van der Waals surface area contributed by atoms with E-state index in [9.17, 15) is 9.59 Å². The molecule has 0 bridgehead atoms. The van der Waals surface area contributed by atoms with Gasteiger partial charge in [-0.2, -0.15) is 5.26 Å². The summed E-state index contributed by atoms with van der Waals surface area (Å²) in [4.78, 5) is 30.7. The lowest BCUT2D eigenvalue weighted by Crippen LogP contribution is -2.35. The van der Waals surface area contributed by atoms with Gasteiger partial charge < -0.3 is 4.90 Å². The molecule has 4 rings (SSSR count). The summed E-state index contributed by atoms with van der Waals surface area (Å²) < 4.78 is 0. The molecule has 0 aliphatic carbocycles. The van der Waals surface area contributed by atoms with E-state index in [1.54, 1.807) is 24.3 Å². The van der Waals surface area contributed by atoms with E-state index in [-0.39, 0.29) is 11.8 Å². The Kier molecular flexibility index (Phi) is 4.98. The molecule has 6 heteroatoms. The molecule has 0 spiro atoms. The second kappa shape index (κ2) is 7.74. The van der Waals surface area contributed by atoms with Crippen LogP contribution in [0.15, 0.2) is 77.8 Å². The van der Waals surface area contributed by atoms with Crippen LogP contribution in [0.5, 0.6) is 0 Å². The van der Waals surface area contributed by atoms with Crippen molar-refractivity contribution in [2.75, 3.05) is 16.3 Å². The molecule has 0 saturated heterocycles. The van der Waals surface area contributed by atoms with Crippen molar-refractivity contribution in [2.45, 2.75) is 6.92 Å². The van der Waals surface area contributed by atoms with Crippen molar-refractivity contribution in [3.05, 3.63) is 88.2 Å². The van der Waals surface area contributed by atoms with Gasteiger partial charge in [0.15, 0.2) is 0 Å². The molecular formula is C23H17N3O2S. The molecule has 0 N–H and O–H groups in total. The van der Waals surface area contributed by atoms with E-state index in [4.69, 9.17) is 5.26 Å². The molecule has 0 saturated carbocycles. The Morgan fingerprint density at radius 3 is 2.28 bits per heavy atom. The van der Waals surface area contributed by atoms with Gasteiger partial charge >= 0.3 is 0 Å². The number of nitrogens with zero attached hydrogens (tertiary/aromatic N) is 3. The Balaban J connectivity index is 1.86. The molecule has 1 aliphatic heterocycles. The minimum absolute atomic E-state index is 0.355. The summed E-state index contributed by atoms with van der Waals surface area (Å²) in [6.45, 7) is 2.49. The number of imide groups is 1. The Morgan fingerprint density at radius 2 is 1.69 bits per heavy atom. The van der Waals surface area contributed by atoms with Gasteiger partial charge in [-0.25, -0.2) is 4.90 Å². The molecular weight excluding hydrogens is 382 g/mol. The Hall–Kier alpha value is -3.69. The van der Waals surface area contributed by atoms with Gasteiger partial charge in [0.1, 0.15) is 5.70 Å². The van der Waals surface area contributed by atoms with Crippen molar-refractivity contribution in [3.63, 3.8) is 0 Å². The average Bonchev–Trinajstić information content (AvgIpc) is 3.36. The van der Waals surface area contributed by atoms with Crippen LogP contribution in [0, 0.1) is 11.3 Å². The molecule has 0 fully saturated rings. The first-order chi connectivity index (χ1) is 14.2. The third-order valence-corrected chi connectivity index (χ3v) is 5.62. The lowest BCUT2D eigenvalue weighted by molar-refractivity contribution is -0.120. The smallest absolute Gasteiger partial charge is 0.282 e. The average molecular weight is 399 g/mol. The summed E-state index contributed by atoms with van der Waals surface area (Å²) in [5.74, 6) is -0.722. The number of carbonyl (C=O) groups is 2. The molecule has 5 nitrogen and oxygen atoms in total. The molecule has 0 atom stereocenters. The highest BCUT2D eigenvalue weighted by molar-refractivity contribution is 7.11. The fourth-order valence-corrected chi connectivity index (χ4v) is 4.17. The Labute approximate surface area is 172 Å². The summed E-state index contributed by atoms with van der Waals surface area (Å²) in [5.41, 5.74) is 2.55. The second-order valence-electron chi connectivity index (χ2n) is 6.39. The number of carbonyl (C=O) groups excluding carboxylic acids is 2. The van der Waals surface area contributed by atoms with E-state index in [0.717, 1.165) is 10.6 Å². The molecule has 0 unspecified atom stereocenters. The highest BCUT2D eigenvalue weighted by Crippen LogP contribution is 2.38. The fourth-order valence-electron chi connectivity index (χ4n) is 3.41. The maximum Gasteiger partial charge on any atom is 0.282 e. The SMILES string of the molecule is CCN(C1=C(c2cccs2)C(=O)N(c2ccc(C#N)cc2)C1=O)c1ccccc1. The third kappa shape index (κ3) is 3.22. The molecule has 1 aliphatic rings. The van der Waals surface area contributed by atoms with Crippen LogP contribution < -0.4 is 9.80 Å². The van der Waals surface area contributed by atoms with Crippen LogP contribution in [0.2, 0.25) is 0 Å². The van der Waals surface area contributed by atoms with Crippen molar-refractivity contribution in [1.29, 1.82) is 5.26 Å². The Bertz CT molecular complexity index is 1130. The van der Waals surface area contributed by atoms with E-state index < -0.39 is 0 Å². The van der Waals surface area contributed by atoms with Crippen LogP contribution in [0.25, 0.3) is 5.57 Å². The number of rotatable bonds is 5. The molecule has 0 radical (unpaired) electrons. The Morgan fingerprint density at radius 1 is 0.966 bits per heavy atom. The van der Waals surface area contributed by atoms with Gasteiger partial charge in [0, 0.05) is 17.1 Å². The minimum Gasteiger partial charge on any atom is -0.337 e. The van der Waals surface area contributed by atoms with Crippen molar-refractivity contribution in [2.24, 2.45) is 0 Å². The van der Waals surface area contributed by atoms with Crippen molar-refractivity contribution >= 4 is 40.1 Å². The largest absolute Gasteiger partial charge is 0.337 e. The second-order valence-corrected chi connectivity index (χ2v) is 7.33. The predicted molar refractivity (Wildman–Crippen MR) is 114 cm³/mol. The summed E-state index contributed by atoms with van der Waals surface area (Å²) >= 11 is 1.43. The van der Waals surface area contributed by atoms with E-state index in [1.165, 1.54) is 16.2 Å². The predicted octanol–water partition coefficient (Wildman–Crippen LogP) is 4.43. The van der Waals surface area contributed by atoms with E-state index in [2.05, 4.69) is 6.07 Å². The maximum absolute atomic E-state index is 13.5. The van der Waals surface area contributed by atoms with Crippen LogP contribution in [-0.4, -0.2) is 18.4 Å². The summed E-state index contributed by atoms with van der Waals surface area (Å²) in [7, 11) is 0. The number of anilines is 2. The van der Waals surface area contributed by atoms with Crippen LogP contribution >= 0.6 is 11.3 Å². The topological polar surface area (TPSA) is 64.4 Å². The molecule has 3 aromatic rings. The zero-order valence-corrected chi connectivity index (χ0v) is 16.5. The normalized spacial score (nSPS) is 13.7. The lowest BCUT2D eigenvalue weighted by Gasteiger charge is -2.24. The molecule has 2 aromatic carbocycles. The summed E-state index contributed by atoms with van der Waals surface area (Å²) in [6, 6.07) is 21.8. The highest BCUT2D eigenvalue weighted by Gasteiger charge is 2.42. The summed E-state index contributed by atoms with van der Waals surface area (Å²) in [6.07, 6.45) is 0. The minimum atomic E-state index is -0.367. The van der Waals surface area contributed by atoms with Crippen molar-refractivity contribution in [3.8, 4) is 6.07 Å².